The molecular weight excluding hydrogens is 398 g/mol. The van der Waals surface area contributed by atoms with Gasteiger partial charge in [0.15, 0.2) is 0 Å². The highest BCUT2D eigenvalue weighted by atomic mass is 35.5. The van der Waals surface area contributed by atoms with Crippen LogP contribution in [0.1, 0.15) is 16.1 Å². The molecule has 30 heavy (non-hydrogen) atoms. The van der Waals surface area contributed by atoms with Crippen LogP contribution in [0.15, 0.2) is 84.2 Å². The highest BCUT2D eigenvalue weighted by molar-refractivity contribution is 6.31. The van der Waals surface area contributed by atoms with E-state index in [0.717, 1.165) is 28.6 Å². The highest BCUT2D eigenvalue weighted by Crippen LogP contribution is 2.21. The first kappa shape index (κ1) is 19.8. The summed E-state index contributed by atoms with van der Waals surface area (Å²) in [6.07, 6.45) is 5.70. The Labute approximate surface area is 179 Å². The van der Waals surface area contributed by atoms with Crippen molar-refractivity contribution < 1.29 is 4.79 Å². The zero-order chi connectivity index (χ0) is 20.8. The van der Waals surface area contributed by atoms with Crippen molar-refractivity contribution in [1.82, 2.24) is 15.4 Å². The molecular formula is C23H20ClN5O. The predicted octanol–water partition coefficient (Wildman–Crippen LogP) is 4.64. The van der Waals surface area contributed by atoms with Gasteiger partial charge in [-0.3, -0.25) is 9.80 Å². The molecule has 0 aliphatic carbocycles. The maximum atomic E-state index is 12.5. The zero-order valence-corrected chi connectivity index (χ0v) is 16.9. The monoisotopic (exact) mass is 417 g/mol. The van der Waals surface area contributed by atoms with E-state index in [9.17, 15) is 4.79 Å². The Morgan fingerprint density at radius 1 is 1.10 bits per heavy atom. The average molecular weight is 418 g/mol. The number of carbonyl (C=O) groups is 1. The van der Waals surface area contributed by atoms with Gasteiger partial charge in [-0.2, -0.15) is 4.99 Å². The van der Waals surface area contributed by atoms with E-state index in [4.69, 9.17) is 11.6 Å². The van der Waals surface area contributed by atoms with Crippen LogP contribution in [0.5, 0.6) is 0 Å². The number of anilines is 1. The summed E-state index contributed by atoms with van der Waals surface area (Å²) < 4.78 is 0. The number of imidazole rings is 1. The molecule has 0 unspecified atom stereocenters. The van der Waals surface area contributed by atoms with Crippen LogP contribution < -0.4 is 10.4 Å². The van der Waals surface area contributed by atoms with Gasteiger partial charge in [0.05, 0.1) is 12.0 Å². The van der Waals surface area contributed by atoms with E-state index in [2.05, 4.69) is 38.6 Å². The fraction of sp³-hybridized carbons (Fsp3) is 0.0870. The van der Waals surface area contributed by atoms with Crippen LogP contribution in [-0.4, -0.2) is 28.8 Å². The summed E-state index contributed by atoms with van der Waals surface area (Å²) >= 11 is 5.99. The molecule has 0 saturated heterocycles. The minimum atomic E-state index is -0.362. The number of amides is 1. The van der Waals surface area contributed by atoms with Gasteiger partial charge in [0.25, 0.3) is 5.91 Å². The van der Waals surface area contributed by atoms with Gasteiger partial charge < -0.3 is 4.98 Å². The second-order valence-electron chi connectivity index (χ2n) is 6.70. The fourth-order valence-electron chi connectivity index (χ4n) is 3.06. The number of hydrogen-bond donors (Lipinski definition) is 2. The predicted molar refractivity (Wildman–Crippen MR) is 121 cm³/mol. The molecule has 150 valence electrons. The summed E-state index contributed by atoms with van der Waals surface area (Å²) in [6, 6.07) is 20.9. The lowest BCUT2D eigenvalue weighted by Crippen LogP contribution is -2.38. The minimum Gasteiger partial charge on any atom is -0.348 e. The normalized spacial score (nSPS) is 11.2. The largest absolute Gasteiger partial charge is 0.348 e. The molecule has 1 aromatic heterocycles. The van der Waals surface area contributed by atoms with E-state index >= 15 is 0 Å². The van der Waals surface area contributed by atoms with E-state index in [-0.39, 0.29) is 5.91 Å². The maximum absolute atomic E-state index is 12.5. The summed E-state index contributed by atoms with van der Waals surface area (Å²) in [7, 11) is 0. The minimum absolute atomic E-state index is 0.362. The van der Waals surface area contributed by atoms with Gasteiger partial charge in [0.1, 0.15) is 6.34 Å². The van der Waals surface area contributed by atoms with Crippen molar-refractivity contribution in [2.24, 2.45) is 4.99 Å². The fourth-order valence-corrected chi connectivity index (χ4v) is 3.25. The number of H-pyrrole nitrogens is 1. The van der Waals surface area contributed by atoms with Gasteiger partial charge in [-0.25, -0.2) is 10.4 Å². The molecule has 3 aromatic carbocycles. The number of halogens is 1. The summed E-state index contributed by atoms with van der Waals surface area (Å²) in [5.41, 5.74) is 5.65. The molecule has 1 heterocycles. The molecule has 2 N–H and O–H groups in total. The van der Waals surface area contributed by atoms with Crippen molar-refractivity contribution in [1.29, 1.82) is 0 Å². The summed E-state index contributed by atoms with van der Waals surface area (Å²) in [5.74, 6) is -0.362. The Bertz CT molecular complexity index is 1170. The van der Waals surface area contributed by atoms with E-state index in [1.54, 1.807) is 41.8 Å². The molecule has 0 saturated carbocycles. The summed E-state index contributed by atoms with van der Waals surface area (Å²) in [5, 5.41) is 4.50. The number of benzene rings is 3. The van der Waals surface area contributed by atoms with Crippen LogP contribution in [-0.2, 0) is 6.42 Å². The smallest absolute Gasteiger partial charge is 0.278 e. The number of carbonyl (C=O) groups excluding carboxylic acids is 1. The number of aromatic nitrogens is 2. The molecule has 6 nitrogen and oxygen atoms in total. The van der Waals surface area contributed by atoms with Gasteiger partial charge >= 0.3 is 0 Å². The third-order valence-electron chi connectivity index (χ3n) is 4.60. The second kappa shape index (κ2) is 9.35. The summed E-state index contributed by atoms with van der Waals surface area (Å²) in [6.45, 7) is 0.631. The molecule has 0 atom stereocenters. The molecule has 0 aliphatic heterocycles. The zero-order valence-electron chi connectivity index (χ0n) is 16.1. The van der Waals surface area contributed by atoms with Gasteiger partial charge in [-0.15, -0.1) is 0 Å². The first-order valence-corrected chi connectivity index (χ1v) is 9.90. The lowest BCUT2D eigenvalue weighted by molar-refractivity contribution is 0.100. The Balaban J connectivity index is 1.56. The third-order valence-corrected chi connectivity index (χ3v) is 4.84. The molecule has 4 aromatic rings. The standard InChI is InChI=1S/C23H20ClN5O/c24-20-7-3-6-19(12-20)23(30)27-16-29(28-11-10-21-14-25-15-26-21)22-9-8-17-4-1-2-5-18(17)13-22/h1-9,12-16,28H,10-11H2,(H,25,26). The Morgan fingerprint density at radius 2 is 1.97 bits per heavy atom. The number of aromatic amines is 1. The molecule has 0 spiro atoms. The third kappa shape index (κ3) is 4.92. The van der Waals surface area contributed by atoms with Crippen molar-refractivity contribution in [2.45, 2.75) is 6.42 Å². The SMILES string of the molecule is O=C(N=CN(NCCc1cnc[nH]1)c1ccc2ccccc2c1)c1cccc(Cl)c1. The van der Waals surface area contributed by atoms with Crippen LogP contribution in [0.4, 0.5) is 5.69 Å². The Hall–Kier alpha value is -3.48. The van der Waals surface area contributed by atoms with E-state index in [1.165, 1.54) is 6.34 Å². The quantitative estimate of drug-likeness (QED) is 0.261. The Kier molecular flexibility index (Phi) is 6.17. The summed E-state index contributed by atoms with van der Waals surface area (Å²) in [4.78, 5) is 23.7. The van der Waals surface area contributed by atoms with Crippen LogP contribution in [0.2, 0.25) is 5.02 Å². The maximum Gasteiger partial charge on any atom is 0.278 e. The molecule has 0 radical (unpaired) electrons. The van der Waals surface area contributed by atoms with Gasteiger partial charge in [-0.1, -0.05) is 48.0 Å². The topological polar surface area (TPSA) is 73.4 Å². The van der Waals surface area contributed by atoms with Crippen LogP contribution in [0.25, 0.3) is 10.8 Å². The van der Waals surface area contributed by atoms with Crippen LogP contribution >= 0.6 is 11.6 Å². The van der Waals surface area contributed by atoms with Gasteiger partial charge in [-0.05, 0) is 41.1 Å². The number of nitrogens with one attached hydrogen (secondary N) is 2. The molecule has 0 aliphatic rings. The van der Waals surface area contributed by atoms with Crippen molar-refractivity contribution in [2.75, 3.05) is 11.6 Å². The Morgan fingerprint density at radius 3 is 2.77 bits per heavy atom. The molecule has 0 fully saturated rings. The number of aliphatic imine (C=N–C) groups is 1. The van der Waals surface area contributed by atoms with E-state index in [1.807, 2.05) is 24.3 Å². The lowest BCUT2D eigenvalue weighted by Gasteiger charge is -2.21. The van der Waals surface area contributed by atoms with Crippen molar-refractivity contribution in [3.8, 4) is 0 Å². The van der Waals surface area contributed by atoms with E-state index in [0.29, 0.717) is 17.1 Å². The van der Waals surface area contributed by atoms with Gasteiger partial charge in [0.2, 0.25) is 0 Å². The molecule has 0 bridgehead atoms. The first-order valence-electron chi connectivity index (χ1n) is 9.52. The lowest BCUT2D eigenvalue weighted by atomic mass is 10.1. The van der Waals surface area contributed by atoms with Crippen molar-refractivity contribution in [3.63, 3.8) is 0 Å². The molecule has 1 amide bonds. The van der Waals surface area contributed by atoms with Crippen LogP contribution in [0, 0.1) is 0 Å². The van der Waals surface area contributed by atoms with Crippen molar-refractivity contribution >= 4 is 40.3 Å². The average Bonchev–Trinajstić information content (AvgIpc) is 3.29. The first-order chi connectivity index (χ1) is 14.7. The van der Waals surface area contributed by atoms with E-state index < -0.39 is 0 Å². The number of fused-ring (bicyclic) bond motifs is 1. The van der Waals surface area contributed by atoms with Crippen molar-refractivity contribution in [3.05, 3.63) is 95.5 Å². The number of hydrogen-bond acceptors (Lipinski definition) is 3. The highest BCUT2D eigenvalue weighted by Gasteiger charge is 2.08. The molecule has 7 heteroatoms. The second-order valence-corrected chi connectivity index (χ2v) is 7.13. The van der Waals surface area contributed by atoms with Gasteiger partial charge in [0, 0.05) is 35.4 Å². The number of rotatable bonds is 7. The number of hydrazine groups is 1. The molecule has 4 rings (SSSR count). The van der Waals surface area contributed by atoms with Crippen LogP contribution in [0.3, 0.4) is 0 Å². The number of nitrogens with zero attached hydrogens (tertiary/aromatic N) is 3.